The molecule has 0 spiro atoms. The third kappa shape index (κ3) is 2.18. The average Bonchev–Trinajstić information content (AvgIpc) is 2.73. The van der Waals surface area contributed by atoms with Gasteiger partial charge in [-0.2, -0.15) is 0 Å². The van der Waals surface area contributed by atoms with Crippen LogP contribution in [0.5, 0.6) is 0 Å². The van der Waals surface area contributed by atoms with E-state index in [4.69, 9.17) is 0 Å². The first kappa shape index (κ1) is 13.1. The number of hydrogen-bond donors (Lipinski definition) is 0. The third-order valence-electron chi connectivity index (χ3n) is 3.51. The summed E-state index contributed by atoms with van der Waals surface area (Å²) in [5, 5.41) is 10.6. The van der Waals surface area contributed by atoms with Crippen LogP contribution in [0.25, 0.3) is 6.08 Å². The fourth-order valence-corrected chi connectivity index (χ4v) is 2.39. The molecule has 1 heterocycles. The second-order valence-corrected chi connectivity index (χ2v) is 4.78. The molecule has 0 aliphatic carbocycles. The van der Waals surface area contributed by atoms with E-state index in [1.165, 1.54) is 12.1 Å². The molecule has 0 bridgehead atoms. The molecule has 0 saturated carbocycles. The van der Waals surface area contributed by atoms with Crippen LogP contribution in [0.15, 0.2) is 54.2 Å². The zero-order valence-corrected chi connectivity index (χ0v) is 11.3. The number of Topliss-reactive ketones (excluding diaryl/α,β-unsaturated/α-hetero) is 1. The van der Waals surface area contributed by atoms with E-state index in [9.17, 15) is 14.9 Å². The number of nitrogens with zero attached hydrogens (tertiary/aromatic N) is 2. The Hall–Kier alpha value is -2.95. The summed E-state index contributed by atoms with van der Waals surface area (Å²) in [6.45, 7) is 0. The highest BCUT2D eigenvalue weighted by Crippen LogP contribution is 2.33. The SMILES string of the molecule is CN1/C(=C\c2ccc([N+](=O)[O-])cc2)C(=O)c2ccccc21. The van der Waals surface area contributed by atoms with Crippen molar-refractivity contribution >= 4 is 23.2 Å². The van der Waals surface area contributed by atoms with Crippen molar-refractivity contribution in [3.8, 4) is 0 Å². The number of nitro groups is 1. The Morgan fingerprint density at radius 1 is 1.10 bits per heavy atom. The van der Waals surface area contributed by atoms with Crippen molar-refractivity contribution in [3.05, 3.63) is 75.5 Å². The highest BCUT2D eigenvalue weighted by Gasteiger charge is 2.28. The molecule has 21 heavy (non-hydrogen) atoms. The predicted molar refractivity (Wildman–Crippen MR) is 80.2 cm³/mol. The number of likely N-dealkylation sites (N-methyl/N-ethyl adjacent to an activating group) is 1. The number of hydrogen-bond acceptors (Lipinski definition) is 4. The third-order valence-corrected chi connectivity index (χ3v) is 3.51. The lowest BCUT2D eigenvalue weighted by Gasteiger charge is -2.13. The lowest BCUT2D eigenvalue weighted by atomic mass is 10.1. The number of fused-ring (bicyclic) bond motifs is 1. The number of anilines is 1. The number of carbonyl (C=O) groups excluding carboxylic acids is 1. The molecule has 2 aromatic rings. The van der Waals surface area contributed by atoms with Crippen LogP contribution < -0.4 is 4.90 Å². The van der Waals surface area contributed by atoms with Gasteiger partial charge in [-0.1, -0.05) is 12.1 Å². The Bertz CT molecular complexity index is 763. The molecule has 0 radical (unpaired) electrons. The van der Waals surface area contributed by atoms with E-state index in [2.05, 4.69) is 0 Å². The zero-order valence-electron chi connectivity index (χ0n) is 11.3. The highest BCUT2D eigenvalue weighted by atomic mass is 16.6. The van der Waals surface area contributed by atoms with E-state index in [1.54, 1.807) is 24.3 Å². The van der Waals surface area contributed by atoms with Gasteiger partial charge in [0.1, 0.15) is 0 Å². The quantitative estimate of drug-likeness (QED) is 0.481. The van der Waals surface area contributed by atoms with Gasteiger partial charge in [0.15, 0.2) is 0 Å². The van der Waals surface area contributed by atoms with Gasteiger partial charge in [-0.3, -0.25) is 14.9 Å². The molecular formula is C16H12N2O3. The second kappa shape index (κ2) is 4.86. The topological polar surface area (TPSA) is 63.4 Å². The van der Waals surface area contributed by atoms with Crippen LogP contribution in [0.1, 0.15) is 15.9 Å². The number of nitro benzene ring substituents is 1. The molecule has 1 aliphatic rings. The van der Waals surface area contributed by atoms with Crippen LogP contribution in [0, 0.1) is 10.1 Å². The maximum Gasteiger partial charge on any atom is 0.269 e. The van der Waals surface area contributed by atoms with Gasteiger partial charge in [0.25, 0.3) is 5.69 Å². The first-order chi connectivity index (χ1) is 10.1. The van der Waals surface area contributed by atoms with Crippen molar-refractivity contribution in [2.45, 2.75) is 0 Å². The number of carbonyl (C=O) groups is 1. The van der Waals surface area contributed by atoms with Crippen molar-refractivity contribution in [2.75, 3.05) is 11.9 Å². The van der Waals surface area contributed by atoms with Gasteiger partial charge >= 0.3 is 0 Å². The molecule has 0 aromatic heterocycles. The predicted octanol–water partition coefficient (Wildman–Crippen LogP) is 3.27. The summed E-state index contributed by atoms with van der Waals surface area (Å²) in [7, 11) is 1.83. The van der Waals surface area contributed by atoms with Crippen LogP contribution in [-0.4, -0.2) is 17.8 Å². The molecule has 2 aromatic carbocycles. The maximum absolute atomic E-state index is 12.4. The van der Waals surface area contributed by atoms with E-state index < -0.39 is 4.92 Å². The van der Waals surface area contributed by atoms with Gasteiger partial charge in [-0.05, 0) is 35.9 Å². The van der Waals surface area contributed by atoms with Crippen LogP contribution in [0.2, 0.25) is 0 Å². The number of para-hydroxylation sites is 1. The van der Waals surface area contributed by atoms with Crippen molar-refractivity contribution in [1.29, 1.82) is 0 Å². The molecular weight excluding hydrogens is 268 g/mol. The summed E-state index contributed by atoms with van der Waals surface area (Å²) in [4.78, 5) is 24.4. The molecule has 0 fully saturated rings. The van der Waals surface area contributed by atoms with Gasteiger partial charge in [0.05, 0.1) is 16.3 Å². The minimum absolute atomic E-state index is 0.0338. The van der Waals surface area contributed by atoms with Gasteiger partial charge in [-0.25, -0.2) is 0 Å². The van der Waals surface area contributed by atoms with Crippen molar-refractivity contribution in [2.24, 2.45) is 0 Å². The second-order valence-electron chi connectivity index (χ2n) is 4.78. The molecule has 104 valence electrons. The van der Waals surface area contributed by atoms with Crippen molar-refractivity contribution in [1.82, 2.24) is 0 Å². The normalized spacial score (nSPS) is 15.4. The minimum atomic E-state index is -0.445. The van der Waals surface area contributed by atoms with Gasteiger partial charge in [0.2, 0.25) is 5.78 Å². The number of ketones is 1. The largest absolute Gasteiger partial charge is 0.341 e. The molecule has 1 aliphatic heterocycles. The molecule has 5 heteroatoms. The summed E-state index contributed by atoms with van der Waals surface area (Å²) in [5.41, 5.74) is 2.89. The van der Waals surface area contributed by atoms with Crippen molar-refractivity contribution < 1.29 is 9.72 Å². The number of non-ortho nitro benzene ring substituents is 1. The van der Waals surface area contributed by atoms with Crippen LogP contribution in [0.4, 0.5) is 11.4 Å². The summed E-state index contributed by atoms with van der Waals surface area (Å²) < 4.78 is 0. The van der Waals surface area contributed by atoms with E-state index in [1.807, 2.05) is 30.1 Å². The lowest BCUT2D eigenvalue weighted by Crippen LogP contribution is -2.13. The van der Waals surface area contributed by atoms with Crippen LogP contribution in [-0.2, 0) is 0 Å². The number of benzene rings is 2. The zero-order chi connectivity index (χ0) is 15.0. The van der Waals surface area contributed by atoms with Gasteiger partial charge < -0.3 is 4.90 Å². The standard InChI is InChI=1S/C16H12N2O3/c1-17-14-5-3-2-4-13(14)16(19)15(17)10-11-6-8-12(9-7-11)18(20)21/h2-10H,1H3/b15-10-. The van der Waals surface area contributed by atoms with E-state index in [-0.39, 0.29) is 11.5 Å². The summed E-state index contributed by atoms with van der Waals surface area (Å²) >= 11 is 0. The minimum Gasteiger partial charge on any atom is -0.341 e. The molecule has 0 atom stereocenters. The first-order valence-electron chi connectivity index (χ1n) is 6.41. The summed E-state index contributed by atoms with van der Waals surface area (Å²) in [5.74, 6) is -0.0357. The summed E-state index contributed by atoms with van der Waals surface area (Å²) in [6.07, 6.45) is 1.74. The monoisotopic (exact) mass is 280 g/mol. The number of allylic oxidation sites excluding steroid dienone is 1. The highest BCUT2D eigenvalue weighted by molar-refractivity contribution is 6.21. The van der Waals surface area contributed by atoms with Crippen LogP contribution in [0.3, 0.4) is 0 Å². The Kier molecular flexibility index (Phi) is 3.02. The molecule has 0 unspecified atom stereocenters. The Balaban J connectivity index is 1.98. The molecule has 5 nitrogen and oxygen atoms in total. The van der Waals surface area contributed by atoms with Gasteiger partial charge in [-0.15, -0.1) is 0 Å². The first-order valence-corrected chi connectivity index (χ1v) is 6.41. The van der Waals surface area contributed by atoms with Crippen LogP contribution >= 0.6 is 0 Å². The average molecular weight is 280 g/mol. The number of rotatable bonds is 2. The van der Waals surface area contributed by atoms with Gasteiger partial charge in [0, 0.05) is 24.7 Å². The maximum atomic E-state index is 12.4. The smallest absolute Gasteiger partial charge is 0.269 e. The lowest BCUT2D eigenvalue weighted by molar-refractivity contribution is -0.384. The Labute approximate surface area is 121 Å². The fraction of sp³-hybridized carbons (Fsp3) is 0.0625. The molecule has 0 saturated heterocycles. The molecule has 0 N–H and O–H groups in total. The molecule has 3 rings (SSSR count). The summed E-state index contributed by atoms with van der Waals surface area (Å²) in [6, 6.07) is 13.5. The Morgan fingerprint density at radius 3 is 2.38 bits per heavy atom. The van der Waals surface area contributed by atoms with E-state index in [0.717, 1.165) is 11.3 Å². The van der Waals surface area contributed by atoms with E-state index >= 15 is 0 Å². The Morgan fingerprint density at radius 2 is 1.76 bits per heavy atom. The van der Waals surface area contributed by atoms with Crippen molar-refractivity contribution in [3.63, 3.8) is 0 Å². The molecule has 0 amide bonds. The fourth-order valence-electron chi connectivity index (χ4n) is 2.39. The van der Waals surface area contributed by atoms with E-state index in [0.29, 0.717) is 11.3 Å².